The van der Waals surface area contributed by atoms with Crippen LogP contribution in [0, 0.1) is 0 Å². The van der Waals surface area contributed by atoms with Crippen molar-refractivity contribution in [3.8, 4) is 0 Å². The number of esters is 2. The maximum atomic E-state index is 11.9. The molecule has 0 saturated carbocycles. The minimum absolute atomic E-state index is 0.208. The Morgan fingerprint density at radius 1 is 0.758 bits per heavy atom. The molecule has 0 spiro atoms. The largest absolute Gasteiger partial charge is 0.464 e. The third kappa shape index (κ3) is 7.64. The van der Waals surface area contributed by atoms with Crippen LogP contribution in [0.3, 0.4) is 0 Å². The fourth-order valence-corrected chi connectivity index (χ4v) is 4.27. The molecule has 2 aromatic rings. The molecule has 0 unspecified atom stereocenters. The molecule has 1 saturated heterocycles. The number of ether oxygens (including phenoxy) is 2. The van der Waals surface area contributed by atoms with Gasteiger partial charge in [-0.25, -0.2) is 19.6 Å². The van der Waals surface area contributed by atoms with Crippen LogP contribution in [0.1, 0.15) is 51.6 Å². The number of halogens is 2. The van der Waals surface area contributed by atoms with Gasteiger partial charge < -0.3 is 9.47 Å². The Morgan fingerprint density at radius 2 is 1.18 bits per heavy atom. The zero-order valence-corrected chi connectivity index (χ0v) is 20.4. The Balaban J connectivity index is 1.69. The summed E-state index contributed by atoms with van der Waals surface area (Å²) < 4.78 is 9.55. The Bertz CT molecular complexity index is 911. The normalized spacial score (nSPS) is 15.9. The van der Waals surface area contributed by atoms with Crippen molar-refractivity contribution in [3.63, 3.8) is 0 Å². The molecule has 8 nitrogen and oxygen atoms in total. The Kier molecular flexibility index (Phi) is 9.43. The first-order chi connectivity index (χ1) is 15.9. The summed E-state index contributed by atoms with van der Waals surface area (Å²) in [5.41, 5.74) is 1.87. The van der Waals surface area contributed by atoms with E-state index in [-0.39, 0.29) is 11.4 Å². The van der Waals surface area contributed by atoms with Crippen molar-refractivity contribution >= 4 is 35.1 Å². The van der Waals surface area contributed by atoms with E-state index in [0.29, 0.717) is 23.1 Å². The van der Waals surface area contributed by atoms with Crippen LogP contribution in [0.5, 0.6) is 0 Å². The zero-order chi connectivity index (χ0) is 23.8. The summed E-state index contributed by atoms with van der Waals surface area (Å²) in [6.07, 6.45) is 3.24. The number of nitrogens with zero attached hydrogens (tertiary/aromatic N) is 4. The molecule has 0 radical (unpaired) electrons. The molecule has 0 aliphatic carbocycles. The van der Waals surface area contributed by atoms with Gasteiger partial charge in [0.25, 0.3) is 0 Å². The molecule has 2 aromatic heterocycles. The number of aromatic nitrogens is 2. The van der Waals surface area contributed by atoms with Gasteiger partial charge in [-0.05, 0) is 50.2 Å². The first-order valence-corrected chi connectivity index (χ1v) is 11.6. The Labute approximate surface area is 203 Å². The van der Waals surface area contributed by atoms with Gasteiger partial charge >= 0.3 is 11.9 Å². The van der Waals surface area contributed by atoms with Crippen LogP contribution in [-0.4, -0.2) is 72.1 Å². The molecular formula is C23H28Cl2N4O4. The first kappa shape index (κ1) is 25.4. The third-order valence-corrected chi connectivity index (χ3v) is 5.86. The highest BCUT2D eigenvalue weighted by Crippen LogP contribution is 2.18. The van der Waals surface area contributed by atoms with Gasteiger partial charge in [0, 0.05) is 36.2 Å². The summed E-state index contributed by atoms with van der Waals surface area (Å²) in [4.78, 5) is 37.2. The number of methoxy groups -OCH3 is 2. The third-order valence-electron chi connectivity index (χ3n) is 5.43. The maximum absolute atomic E-state index is 11.9. The quantitative estimate of drug-likeness (QED) is 0.559. The Morgan fingerprint density at radius 3 is 1.58 bits per heavy atom. The molecule has 0 aromatic carbocycles. The van der Waals surface area contributed by atoms with Crippen LogP contribution in [0.4, 0.5) is 0 Å². The predicted octanol–water partition coefficient (Wildman–Crippen LogP) is 3.84. The van der Waals surface area contributed by atoms with Crippen molar-refractivity contribution in [2.24, 2.45) is 0 Å². The van der Waals surface area contributed by atoms with Crippen molar-refractivity contribution in [3.05, 3.63) is 57.1 Å². The average Bonchev–Trinajstić information content (AvgIpc) is 2.89. The second kappa shape index (κ2) is 12.3. The van der Waals surface area contributed by atoms with Gasteiger partial charge in [-0.3, -0.25) is 9.80 Å². The monoisotopic (exact) mass is 494 g/mol. The maximum Gasteiger partial charge on any atom is 0.356 e. The molecule has 0 atom stereocenters. The van der Waals surface area contributed by atoms with E-state index in [0.717, 1.165) is 56.8 Å². The summed E-state index contributed by atoms with van der Waals surface area (Å²) in [5.74, 6) is -1.01. The van der Waals surface area contributed by atoms with Gasteiger partial charge in [-0.15, -0.1) is 0 Å². The first-order valence-electron chi connectivity index (χ1n) is 10.8. The fraction of sp³-hybridized carbons (Fsp3) is 0.478. The summed E-state index contributed by atoms with van der Waals surface area (Å²) in [6.45, 7) is 4.65. The smallest absolute Gasteiger partial charge is 0.356 e. The van der Waals surface area contributed by atoms with E-state index >= 15 is 0 Å². The van der Waals surface area contributed by atoms with Crippen molar-refractivity contribution in [2.75, 3.05) is 40.4 Å². The van der Waals surface area contributed by atoms with E-state index in [9.17, 15) is 9.59 Å². The molecule has 0 bridgehead atoms. The van der Waals surface area contributed by atoms with Crippen molar-refractivity contribution < 1.29 is 19.1 Å². The van der Waals surface area contributed by atoms with Crippen LogP contribution in [0.15, 0.2) is 24.3 Å². The van der Waals surface area contributed by atoms with Crippen molar-refractivity contribution in [1.29, 1.82) is 0 Å². The summed E-state index contributed by atoms with van der Waals surface area (Å²) >= 11 is 12.4. The van der Waals surface area contributed by atoms with Crippen LogP contribution in [0.2, 0.25) is 10.0 Å². The summed E-state index contributed by atoms with van der Waals surface area (Å²) in [7, 11) is 2.65. The van der Waals surface area contributed by atoms with Gasteiger partial charge in [-0.2, -0.15) is 0 Å². The van der Waals surface area contributed by atoms with Gasteiger partial charge in [0.15, 0.2) is 0 Å². The highest BCUT2D eigenvalue weighted by Gasteiger charge is 2.17. The zero-order valence-electron chi connectivity index (χ0n) is 18.9. The van der Waals surface area contributed by atoms with Crippen LogP contribution >= 0.6 is 23.2 Å². The lowest BCUT2D eigenvalue weighted by atomic mass is 10.2. The van der Waals surface area contributed by atoms with Gasteiger partial charge in [0.1, 0.15) is 11.4 Å². The van der Waals surface area contributed by atoms with Crippen LogP contribution in [0.25, 0.3) is 0 Å². The number of carbonyl (C=O) groups is 2. The fourth-order valence-electron chi connectivity index (χ4n) is 3.81. The minimum Gasteiger partial charge on any atom is -0.464 e. The molecule has 33 heavy (non-hydrogen) atoms. The highest BCUT2D eigenvalue weighted by atomic mass is 35.5. The molecule has 1 fully saturated rings. The van der Waals surface area contributed by atoms with Crippen LogP contribution < -0.4 is 0 Å². The van der Waals surface area contributed by atoms with E-state index in [1.807, 2.05) is 0 Å². The van der Waals surface area contributed by atoms with Crippen molar-refractivity contribution in [2.45, 2.75) is 32.4 Å². The molecule has 10 heteroatoms. The second-order valence-electron chi connectivity index (χ2n) is 7.92. The molecule has 0 amide bonds. The molecular weight excluding hydrogens is 467 g/mol. The van der Waals surface area contributed by atoms with E-state index < -0.39 is 11.9 Å². The number of hydrogen-bond acceptors (Lipinski definition) is 8. The molecule has 1 aliphatic heterocycles. The standard InChI is InChI=1S/C23H28Cl2N4O4/c1-32-22(30)20-12-16(24)10-18(26-20)14-28-6-4-3-5-7-29(9-8-28)15-19-11-17(25)13-21(27-19)23(31)33-2/h10-13H,3-9,14-15H2,1-2H3. The average molecular weight is 495 g/mol. The number of hydrogen-bond donors (Lipinski definition) is 0. The van der Waals surface area contributed by atoms with Gasteiger partial charge in [0.2, 0.25) is 0 Å². The highest BCUT2D eigenvalue weighted by molar-refractivity contribution is 6.31. The number of rotatable bonds is 6. The van der Waals surface area contributed by atoms with Crippen molar-refractivity contribution in [1.82, 2.24) is 19.8 Å². The van der Waals surface area contributed by atoms with E-state index in [2.05, 4.69) is 19.8 Å². The predicted molar refractivity (Wildman–Crippen MR) is 126 cm³/mol. The SMILES string of the molecule is COC(=O)c1cc(Cl)cc(CN2CCCCCN(Cc3cc(Cl)cc(C(=O)OC)n3)CC2)n1. The van der Waals surface area contributed by atoms with Gasteiger partial charge in [-0.1, -0.05) is 29.6 Å². The molecule has 3 heterocycles. The summed E-state index contributed by atoms with van der Waals surface area (Å²) in [5, 5.41) is 0.916. The van der Waals surface area contributed by atoms with E-state index in [1.54, 1.807) is 12.1 Å². The lowest BCUT2D eigenvalue weighted by Gasteiger charge is -2.26. The summed E-state index contributed by atoms with van der Waals surface area (Å²) in [6, 6.07) is 6.58. The molecule has 178 valence electrons. The second-order valence-corrected chi connectivity index (χ2v) is 8.79. The topological polar surface area (TPSA) is 84.9 Å². The van der Waals surface area contributed by atoms with Crippen LogP contribution in [-0.2, 0) is 22.6 Å². The number of carbonyl (C=O) groups excluding carboxylic acids is 2. The number of pyridine rings is 2. The minimum atomic E-state index is -0.505. The van der Waals surface area contributed by atoms with E-state index in [1.165, 1.54) is 26.4 Å². The molecule has 0 N–H and O–H groups in total. The van der Waals surface area contributed by atoms with Gasteiger partial charge in [0.05, 0.1) is 25.6 Å². The Hall–Kier alpha value is -2.26. The molecule has 1 aliphatic rings. The van der Waals surface area contributed by atoms with E-state index in [4.69, 9.17) is 32.7 Å². The lowest BCUT2D eigenvalue weighted by molar-refractivity contribution is 0.0584. The molecule has 3 rings (SSSR count). The lowest BCUT2D eigenvalue weighted by Crippen LogP contribution is -2.35.